The van der Waals surface area contributed by atoms with Gasteiger partial charge in [0.05, 0.1) is 18.1 Å². The van der Waals surface area contributed by atoms with Crippen molar-refractivity contribution in [1.82, 2.24) is 10.2 Å². The highest BCUT2D eigenvalue weighted by molar-refractivity contribution is 5.72. The predicted octanol–water partition coefficient (Wildman–Crippen LogP) is 1.01. The van der Waals surface area contributed by atoms with Crippen molar-refractivity contribution in [3.63, 3.8) is 0 Å². The molecule has 0 bridgehead atoms. The minimum Gasteiger partial charge on any atom is -0.466 e. The zero-order valence-corrected chi connectivity index (χ0v) is 13.3. The minimum absolute atomic E-state index is 0.0504. The molecule has 1 unspecified atom stereocenters. The standard InChI is InChI=1S/C15H30N2O3/c1-5-20-14(18)12-6-8-13(9-7-12)16-10-15(2,19)11-17(3)4/h12-13,16,19H,5-11H2,1-4H3. The number of ether oxygens (including phenoxy) is 1. The van der Waals surface area contributed by atoms with Gasteiger partial charge in [0.1, 0.15) is 0 Å². The van der Waals surface area contributed by atoms with Crippen LogP contribution in [0.5, 0.6) is 0 Å². The van der Waals surface area contributed by atoms with Crippen LogP contribution in [-0.2, 0) is 9.53 Å². The largest absolute Gasteiger partial charge is 0.466 e. The molecule has 0 saturated heterocycles. The molecule has 1 rings (SSSR count). The number of aliphatic hydroxyl groups is 1. The molecule has 0 aromatic rings. The monoisotopic (exact) mass is 286 g/mol. The van der Waals surface area contributed by atoms with Crippen LogP contribution in [0.25, 0.3) is 0 Å². The van der Waals surface area contributed by atoms with E-state index in [0.29, 0.717) is 25.7 Å². The highest BCUT2D eigenvalue weighted by atomic mass is 16.5. The van der Waals surface area contributed by atoms with Crippen LogP contribution in [0.3, 0.4) is 0 Å². The zero-order chi connectivity index (χ0) is 15.2. The third kappa shape index (κ3) is 6.20. The first-order chi connectivity index (χ1) is 9.34. The summed E-state index contributed by atoms with van der Waals surface area (Å²) >= 11 is 0. The van der Waals surface area contributed by atoms with Gasteiger partial charge in [-0.2, -0.15) is 0 Å². The lowest BCUT2D eigenvalue weighted by Crippen LogP contribution is -2.49. The Balaban J connectivity index is 2.27. The van der Waals surface area contributed by atoms with E-state index >= 15 is 0 Å². The van der Waals surface area contributed by atoms with Gasteiger partial charge in [-0.3, -0.25) is 4.79 Å². The summed E-state index contributed by atoms with van der Waals surface area (Å²) in [4.78, 5) is 13.6. The summed E-state index contributed by atoms with van der Waals surface area (Å²) in [5.74, 6) is 0.0147. The van der Waals surface area contributed by atoms with Gasteiger partial charge in [-0.25, -0.2) is 0 Å². The average Bonchev–Trinajstić information content (AvgIpc) is 2.36. The van der Waals surface area contributed by atoms with E-state index in [-0.39, 0.29) is 11.9 Å². The quantitative estimate of drug-likeness (QED) is 0.684. The van der Waals surface area contributed by atoms with Crippen LogP contribution in [0.15, 0.2) is 0 Å². The summed E-state index contributed by atoms with van der Waals surface area (Å²) in [6, 6.07) is 0.398. The molecule has 5 heteroatoms. The third-order valence-corrected chi connectivity index (χ3v) is 3.78. The van der Waals surface area contributed by atoms with Crippen LogP contribution in [0.2, 0.25) is 0 Å². The van der Waals surface area contributed by atoms with E-state index in [4.69, 9.17) is 4.74 Å². The first kappa shape index (κ1) is 17.4. The van der Waals surface area contributed by atoms with Crippen LogP contribution in [-0.4, -0.2) is 61.4 Å². The molecule has 1 saturated carbocycles. The average molecular weight is 286 g/mol. The molecule has 0 heterocycles. The smallest absolute Gasteiger partial charge is 0.308 e. The molecule has 118 valence electrons. The molecule has 0 radical (unpaired) electrons. The van der Waals surface area contributed by atoms with Crippen LogP contribution < -0.4 is 5.32 Å². The van der Waals surface area contributed by atoms with Crippen molar-refractivity contribution in [2.24, 2.45) is 5.92 Å². The number of hydrogen-bond donors (Lipinski definition) is 2. The van der Waals surface area contributed by atoms with E-state index in [2.05, 4.69) is 5.32 Å². The molecule has 5 nitrogen and oxygen atoms in total. The molecule has 0 amide bonds. The van der Waals surface area contributed by atoms with Gasteiger partial charge in [0, 0.05) is 19.1 Å². The van der Waals surface area contributed by atoms with Gasteiger partial charge in [-0.1, -0.05) is 0 Å². The summed E-state index contributed by atoms with van der Waals surface area (Å²) in [6.07, 6.45) is 3.71. The van der Waals surface area contributed by atoms with Gasteiger partial charge in [0.25, 0.3) is 0 Å². The van der Waals surface area contributed by atoms with E-state index in [0.717, 1.165) is 25.7 Å². The summed E-state index contributed by atoms with van der Waals surface area (Å²) in [6.45, 7) is 5.38. The van der Waals surface area contributed by atoms with Crippen molar-refractivity contribution in [2.75, 3.05) is 33.8 Å². The SMILES string of the molecule is CCOC(=O)C1CCC(NCC(C)(O)CN(C)C)CC1. The molecule has 0 aromatic carbocycles. The van der Waals surface area contributed by atoms with Gasteiger partial charge >= 0.3 is 5.97 Å². The maximum Gasteiger partial charge on any atom is 0.308 e. The number of likely N-dealkylation sites (N-methyl/N-ethyl adjacent to an activating group) is 1. The number of esters is 1. The van der Waals surface area contributed by atoms with E-state index in [1.807, 2.05) is 32.8 Å². The van der Waals surface area contributed by atoms with Crippen LogP contribution in [0, 0.1) is 5.92 Å². The fourth-order valence-corrected chi connectivity index (χ4v) is 2.89. The second-order valence-electron chi connectivity index (χ2n) is 6.42. The zero-order valence-electron chi connectivity index (χ0n) is 13.3. The van der Waals surface area contributed by atoms with Gasteiger partial charge in [-0.05, 0) is 53.6 Å². The highest BCUT2D eigenvalue weighted by Gasteiger charge is 2.29. The van der Waals surface area contributed by atoms with E-state index in [1.165, 1.54) is 0 Å². The van der Waals surface area contributed by atoms with Crippen molar-refractivity contribution in [3.05, 3.63) is 0 Å². The molecule has 1 aliphatic carbocycles. The normalized spacial score (nSPS) is 26.3. The number of nitrogens with zero attached hydrogens (tertiary/aromatic N) is 1. The summed E-state index contributed by atoms with van der Waals surface area (Å²) in [5.41, 5.74) is -0.721. The van der Waals surface area contributed by atoms with Gasteiger partial charge < -0.3 is 20.1 Å². The van der Waals surface area contributed by atoms with Crippen molar-refractivity contribution < 1.29 is 14.6 Å². The first-order valence-electron chi connectivity index (χ1n) is 7.61. The molecule has 1 aliphatic rings. The molecular formula is C15H30N2O3. The van der Waals surface area contributed by atoms with Crippen molar-refractivity contribution in [1.29, 1.82) is 0 Å². The Morgan fingerprint density at radius 2 is 1.95 bits per heavy atom. The maximum atomic E-state index is 11.7. The fourth-order valence-electron chi connectivity index (χ4n) is 2.89. The van der Waals surface area contributed by atoms with Crippen molar-refractivity contribution in [3.8, 4) is 0 Å². The van der Waals surface area contributed by atoms with E-state index in [9.17, 15) is 9.90 Å². The van der Waals surface area contributed by atoms with Gasteiger partial charge in [0.15, 0.2) is 0 Å². The molecule has 0 spiro atoms. The molecule has 1 fully saturated rings. The molecule has 0 aromatic heterocycles. The van der Waals surface area contributed by atoms with Crippen molar-refractivity contribution >= 4 is 5.97 Å². The number of rotatable bonds is 7. The lowest BCUT2D eigenvalue weighted by atomic mass is 9.86. The second-order valence-corrected chi connectivity index (χ2v) is 6.42. The Morgan fingerprint density at radius 3 is 2.45 bits per heavy atom. The Labute approximate surface area is 122 Å². The van der Waals surface area contributed by atoms with Gasteiger partial charge in [-0.15, -0.1) is 0 Å². The Kier molecular flexibility index (Phi) is 6.92. The molecular weight excluding hydrogens is 256 g/mol. The predicted molar refractivity (Wildman–Crippen MR) is 79.6 cm³/mol. The van der Waals surface area contributed by atoms with Crippen LogP contribution in [0.4, 0.5) is 0 Å². The molecule has 2 N–H and O–H groups in total. The third-order valence-electron chi connectivity index (χ3n) is 3.78. The highest BCUT2D eigenvalue weighted by Crippen LogP contribution is 2.25. The Morgan fingerprint density at radius 1 is 1.35 bits per heavy atom. The molecule has 20 heavy (non-hydrogen) atoms. The summed E-state index contributed by atoms with van der Waals surface area (Å²) in [7, 11) is 3.91. The number of nitrogens with one attached hydrogen (secondary N) is 1. The van der Waals surface area contributed by atoms with Crippen LogP contribution >= 0.6 is 0 Å². The molecule has 0 aliphatic heterocycles. The maximum absolute atomic E-state index is 11.7. The second kappa shape index (κ2) is 7.96. The fraction of sp³-hybridized carbons (Fsp3) is 0.933. The lowest BCUT2D eigenvalue weighted by molar-refractivity contribution is -0.149. The van der Waals surface area contributed by atoms with E-state index in [1.54, 1.807) is 0 Å². The number of hydrogen-bond acceptors (Lipinski definition) is 5. The minimum atomic E-state index is -0.721. The Hall–Kier alpha value is -0.650. The summed E-state index contributed by atoms with van der Waals surface area (Å²) in [5, 5.41) is 13.7. The summed E-state index contributed by atoms with van der Waals surface area (Å²) < 4.78 is 5.07. The number of carbonyl (C=O) groups excluding carboxylic acids is 1. The Bertz CT molecular complexity index is 297. The topological polar surface area (TPSA) is 61.8 Å². The van der Waals surface area contributed by atoms with Gasteiger partial charge in [0.2, 0.25) is 0 Å². The van der Waals surface area contributed by atoms with E-state index < -0.39 is 5.60 Å². The molecule has 1 atom stereocenters. The number of carbonyl (C=O) groups is 1. The van der Waals surface area contributed by atoms with Crippen LogP contribution in [0.1, 0.15) is 39.5 Å². The van der Waals surface area contributed by atoms with Crippen molar-refractivity contribution in [2.45, 2.75) is 51.2 Å². The lowest BCUT2D eigenvalue weighted by Gasteiger charge is -2.32. The first-order valence-corrected chi connectivity index (χ1v) is 7.61.